The molecule has 1 unspecified atom stereocenters. The fraction of sp³-hybridized carbons (Fsp3) is 0.625. The Bertz CT molecular complexity index is 406. The summed E-state index contributed by atoms with van der Waals surface area (Å²) >= 11 is 0. The first-order valence-corrected chi connectivity index (χ1v) is 7.33. The molecular formula is C16H25FN2. The average Bonchev–Trinajstić information content (AvgIpc) is 2.59. The van der Waals surface area contributed by atoms with Gasteiger partial charge >= 0.3 is 0 Å². The smallest absolute Gasteiger partial charge is 0.127 e. The summed E-state index contributed by atoms with van der Waals surface area (Å²) in [6.45, 7) is 6.05. The largest absolute Gasteiger partial charge is 0.316 e. The van der Waals surface area contributed by atoms with Crippen LogP contribution in [0, 0.1) is 11.7 Å². The summed E-state index contributed by atoms with van der Waals surface area (Å²) < 4.78 is 13.9. The molecule has 19 heavy (non-hydrogen) atoms. The highest BCUT2D eigenvalue weighted by Gasteiger charge is 2.15. The Morgan fingerprint density at radius 2 is 2.16 bits per heavy atom. The Morgan fingerprint density at radius 1 is 1.32 bits per heavy atom. The second-order valence-electron chi connectivity index (χ2n) is 5.77. The maximum Gasteiger partial charge on any atom is 0.127 e. The van der Waals surface area contributed by atoms with Crippen LogP contribution in [0.25, 0.3) is 0 Å². The lowest BCUT2D eigenvalue weighted by Crippen LogP contribution is -2.25. The van der Waals surface area contributed by atoms with Crippen LogP contribution < -0.4 is 5.32 Å². The van der Waals surface area contributed by atoms with Crippen molar-refractivity contribution in [3.8, 4) is 0 Å². The summed E-state index contributed by atoms with van der Waals surface area (Å²) in [7, 11) is 1.92. The molecule has 1 aliphatic rings. The van der Waals surface area contributed by atoms with Crippen LogP contribution in [0.5, 0.6) is 0 Å². The summed E-state index contributed by atoms with van der Waals surface area (Å²) in [6.07, 6.45) is 3.77. The third kappa shape index (κ3) is 4.29. The first kappa shape index (κ1) is 14.5. The SMILES string of the molecule is CNCc1ccc(F)c(CN2CCCC(C)CC2)c1. The quantitative estimate of drug-likeness (QED) is 0.898. The zero-order valence-electron chi connectivity index (χ0n) is 12.1. The van der Waals surface area contributed by atoms with E-state index in [4.69, 9.17) is 0 Å². The monoisotopic (exact) mass is 264 g/mol. The maximum absolute atomic E-state index is 13.9. The van der Waals surface area contributed by atoms with Gasteiger partial charge < -0.3 is 5.32 Å². The van der Waals surface area contributed by atoms with Gasteiger partial charge in [0.15, 0.2) is 0 Å². The van der Waals surface area contributed by atoms with Crippen LogP contribution >= 0.6 is 0 Å². The van der Waals surface area contributed by atoms with Crippen molar-refractivity contribution in [1.82, 2.24) is 10.2 Å². The number of nitrogens with zero attached hydrogens (tertiary/aromatic N) is 1. The van der Waals surface area contributed by atoms with Crippen molar-refractivity contribution in [2.45, 2.75) is 39.3 Å². The van der Waals surface area contributed by atoms with Crippen molar-refractivity contribution in [1.29, 1.82) is 0 Å². The third-order valence-electron chi connectivity index (χ3n) is 3.99. The van der Waals surface area contributed by atoms with E-state index in [-0.39, 0.29) is 5.82 Å². The fourth-order valence-corrected chi connectivity index (χ4v) is 2.78. The van der Waals surface area contributed by atoms with E-state index in [2.05, 4.69) is 17.1 Å². The first-order valence-electron chi connectivity index (χ1n) is 7.33. The number of halogens is 1. The molecule has 1 saturated heterocycles. The highest BCUT2D eigenvalue weighted by atomic mass is 19.1. The van der Waals surface area contributed by atoms with Gasteiger partial charge in [-0.15, -0.1) is 0 Å². The van der Waals surface area contributed by atoms with Gasteiger partial charge in [0, 0.05) is 18.7 Å². The molecule has 2 nitrogen and oxygen atoms in total. The van der Waals surface area contributed by atoms with Crippen molar-refractivity contribution < 1.29 is 4.39 Å². The molecule has 0 aromatic heterocycles. The van der Waals surface area contributed by atoms with Crippen molar-refractivity contribution in [2.24, 2.45) is 5.92 Å². The van der Waals surface area contributed by atoms with Gasteiger partial charge in [0.2, 0.25) is 0 Å². The lowest BCUT2D eigenvalue weighted by molar-refractivity contribution is 0.269. The minimum absolute atomic E-state index is 0.0721. The van der Waals surface area contributed by atoms with Gasteiger partial charge in [-0.1, -0.05) is 19.1 Å². The van der Waals surface area contributed by atoms with Gasteiger partial charge in [-0.25, -0.2) is 4.39 Å². The zero-order chi connectivity index (χ0) is 13.7. The molecule has 3 heteroatoms. The van der Waals surface area contributed by atoms with Crippen LogP contribution in [0.3, 0.4) is 0 Å². The second kappa shape index (κ2) is 7.01. The Balaban J connectivity index is 2.02. The van der Waals surface area contributed by atoms with Gasteiger partial charge in [0.25, 0.3) is 0 Å². The molecule has 0 saturated carbocycles. The minimum Gasteiger partial charge on any atom is -0.316 e. The van der Waals surface area contributed by atoms with Crippen LogP contribution in [-0.4, -0.2) is 25.0 Å². The molecule has 0 bridgehead atoms. The highest BCUT2D eigenvalue weighted by Crippen LogP contribution is 2.19. The minimum atomic E-state index is -0.0721. The Morgan fingerprint density at radius 3 is 2.95 bits per heavy atom. The van der Waals surface area contributed by atoms with Crippen molar-refractivity contribution in [2.75, 3.05) is 20.1 Å². The van der Waals surface area contributed by atoms with Crippen molar-refractivity contribution in [3.63, 3.8) is 0 Å². The van der Waals surface area contributed by atoms with E-state index in [0.717, 1.165) is 43.2 Å². The maximum atomic E-state index is 13.9. The number of nitrogens with one attached hydrogen (secondary N) is 1. The van der Waals surface area contributed by atoms with E-state index < -0.39 is 0 Å². The number of hydrogen-bond acceptors (Lipinski definition) is 2. The highest BCUT2D eigenvalue weighted by molar-refractivity contribution is 5.25. The summed E-state index contributed by atoms with van der Waals surface area (Å²) in [6, 6.07) is 5.46. The average molecular weight is 264 g/mol. The van der Waals surface area contributed by atoms with Crippen LogP contribution in [0.15, 0.2) is 18.2 Å². The zero-order valence-corrected chi connectivity index (χ0v) is 12.1. The molecule has 1 aromatic rings. The molecule has 0 aliphatic carbocycles. The number of rotatable bonds is 4. The molecule has 1 aliphatic heterocycles. The van der Waals surface area contributed by atoms with Crippen molar-refractivity contribution >= 4 is 0 Å². The molecule has 1 N–H and O–H groups in total. The van der Waals surface area contributed by atoms with Crippen LogP contribution in [0.2, 0.25) is 0 Å². The molecule has 0 spiro atoms. The summed E-state index contributed by atoms with van der Waals surface area (Å²) in [4.78, 5) is 2.39. The van der Waals surface area contributed by atoms with E-state index in [1.54, 1.807) is 6.07 Å². The summed E-state index contributed by atoms with van der Waals surface area (Å²) in [5, 5.41) is 3.11. The van der Waals surface area contributed by atoms with Gasteiger partial charge in [0.05, 0.1) is 0 Å². The number of hydrogen-bond donors (Lipinski definition) is 1. The van der Waals surface area contributed by atoms with E-state index in [1.165, 1.54) is 19.3 Å². The van der Waals surface area contributed by atoms with Gasteiger partial charge in [-0.2, -0.15) is 0 Å². The van der Waals surface area contributed by atoms with E-state index in [0.29, 0.717) is 0 Å². The normalized spacial score (nSPS) is 21.3. The molecule has 1 fully saturated rings. The van der Waals surface area contributed by atoms with Gasteiger partial charge in [-0.3, -0.25) is 4.90 Å². The molecule has 2 rings (SSSR count). The number of benzene rings is 1. The molecule has 106 valence electrons. The predicted octanol–water partition coefficient (Wildman–Crippen LogP) is 3.17. The topological polar surface area (TPSA) is 15.3 Å². The van der Waals surface area contributed by atoms with Crippen LogP contribution in [-0.2, 0) is 13.1 Å². The van der Waals surface area contributed by atoms with Crippen molar-refractivity contribution in [3.05, 3.63) is 35.1 Å². The van der Waals surface area contributed by atoms with E-state index in [9.17, 15) is 4.39 Å². The lowest BCUT2D eigenvalue weighted by Gasteiger charge is -2.20. The molecule has 1 aromatic carbocycles. The number of likely N-dealkylation sites (tertiary alicyclic amines) is 1. The Labute approximate surface area is 116 Å². The molecule has 0 radical (unpaired) electrons. The Hall–Kier alpha value is -0.930. The first-order chi connectivity index (χ1) is 9.19. The Kier molecular flexibility index (Phi) is 5.34. The lowest BCUT2D eigenvalue weighted by atomic mass is 10.0. The van der Waals surface area contributed by atoms with Gasteiger partial charge in [-0.05, 0) is 56.9 Å². The molecule has 0 amide bonds. The standard InChI is InChI=1S/C16H25FN2/c1-13-4-3-8-19(9-7-13)12-15-10-14(11-18-2)5-6-16(15)17/h5-6,10,13,18H,3-4,7-9,11-12H2,1-2H3. The van der Waals surface area contributed by atoms with Crippen LogP contribution in [0.4, 0.5) is 4.39 Å². The summed E-state index contributed by atoms with van der Waals surface area (Å²) in [5.41, 5.74) is 1.99. The predicted molar refractivity (Wildman–Crippen MR) is 77.5 cm³/mol. The molecule has 1 atom stereocenters. The summed E-state index contributed by atoms with van der Waals surface area (Å²) in [5.74, 6) is 0.739. The molecule has 1 heterocycles. The third-order valence-corrected chi connectivity index (χ3v) is 3.99. The van der Waals surface area contributed by atoms with E-state index in [1.807, 2.05) is 19.2 Å². The second-order valence-corrected chi connectivity index (χ2v) is 5.77. The van der Waals surface area contributed by atoms with Crippen LogP contribution in [0.1, 0.15) is 37.3 Å². The molecular weight excluding hydrogens is 239 g/mol. The van der Waals surface area contributed by atoms with Gasteiger partial charge in [0.1, 0.15) is 5.82 Å². The van der Waals surface area contributed by atoms with E-state index >= 15 is 0 Å². The fourth-order valence-electron chi connectivity index (χ4n) is 2.78.